The molecule has 1 unspecified atom stereocenters. The molecule has 0 bridgehead atoms. The van der Waals surface area contributed by atoms with E-state index >= 15 is 0 Å². The summed E-state index contributed by atoms with van der Waals surface area (Å²) in [5.74, 6) is -0.124. The van der Waals surface area contributed by atoms with Crippen LogP contribution in [0.4, 0.5) is 0 Å². The van der Waals surface area contributed by atoms with Crippen molar-refractivity contribution in [2.75, 3.05) is 0 Å². The number of benzene rings is 1. The number of sulfonamides is 1. The number of rotatable bonds is 5. The normalized spacial score (nSPS) is 14.0. The monoisotopic (exact) mass is 314 g/mol. The summed E-state index contributed by atoms with van der Waals surface area (Å²) >= 11 is 4.95. The van der Waals surface area contributed by atoms with E-state index in [4.69, 9.17) is 18.0 Å². The highest BCUT2D eigenvalue weighted by atomic mass is 32.2. The molecule has 1 aromatic carbocycles. The van der Waals surface area contributed by atoms with Gasteiger partial charge in [-0.25, -0.2) is 13.1 Å². The first-order valence-electron chi connectivity index (χ1n) is 6.40. The lowest BCUT2D eigenvalue weighted by Gasteiger charge is -2.28. The van der Waals surface area contributed by atoms with Crippen LogP contribution in [0.15, 0.2) is 24.3 Å². The van der Waals surface area contributed by atoms with E-state index in [0.29, 0.717) is 11.1 Å². The fourth-order valence-corrected chi connectivity index (χ4v) is 3.41. The first-order chi connectivity index (χ1) is 9.03. The van der Waals surface area contributed by atoms with E-state index in [1.165, 1.54) is 0 Å². The van der Waals surface area contributed by atoms with E-state index in [9.17, 15) is 8.42 Å². The van der Waals surface area contributed by atoms with Gasteiger partial charge in [0.05, 0.1) is 5.75 Å². The lowest BCUT2D eigenvalue weighted by molar-refractivity contribution is 0.317. The summed E-state index contributed by atoms with van der Waals surface area (Å²) in [5.41, 5.74) is 6.70. The van der Waals surface area contributed by atoms with Crippen molar-refractivity contribution in [3.05, 3.63) is 35.4 Å². The maximum Gasteiger partial charge on any atom is 0.216 e. The summed E-state index contributed by atoms with van der Waals surface area (Å²) in [7, 11) is -3.44. The molecule has 0 aliphatic heterocycles. The lowest BCUT2D eigenvalue weighted by atomic mass is 9.89. The van der Waals surface area contributed by atoms with Crippen molar-refractivity contribution in [3.63, 3.8) is 0 Å². The molecule has 0 heterocycles. The molecule has 4 nitrogen and oxygen atoms in total. The van der Waals surface area contributed by atoms with Gasteiger partial charge < -0.3 is 5.73 Å². The molecule has 0 amide bonds. The van der Waals surface area contributed by atoms with Gasteiger partial charge in [0.25, 0.3) is 0 Å². The van der Waals surface area contributed by atoms with Gasteiger partial charge in [0.1, 0.15) is 4.99 Å². The smallest absolute Gasteiger partial charge is 0.216 e. The van der Waals surface area contributed by atoms with Crippen LogP contribution >= 0.6 is 12.2 Å². The number of hydrogen-bond acceptors (Lipinski definition) is 3. The summed E-state index contributed by atoms with van der Waals surface area (Å²) in [4.78, 5) is 0.208. The average Bonchev–Trinajstić information content (AvgIpc) is 2.26. The molecule has 0 radical (unpaired) electrons. The molecule has 20 heavy (non-hydrogen) atoms. The molecule has 1 atom stereocenters. The fraction of sp³-hybridized carbons (Fsp3) is 0.500. The van der Waals surface area contributed by atoms with Gasteiger partial charge in [-0.3, -0.25) is 0 Å². The minimum absolute atomic E-state index is 0.124. The quantitative estimate of drug-likeness (QED) is 0.817. The second kappa shape index (κ2) is 6.20. The van der Waals surface area contributed by atoms with Gasteiger partial charge >= 0.3 is 0 Å². The molecule has 0 aromatic heterocycles. The number of thiocarbonyl (C=S) groups is 1. The first-order valence-corrected chi connectivity index (χ1v) is 8.47. The first kappa shape index (κ1) is 17.1. The molecule has 0 aliphatic carbocycles. The third kappa shape index (κ3) is 4.85. The van der Waals surface area contributed by atoms with Gasteiger partial charge in [-0.1, -0.05) is 57.3 Å². The number of hydrogen-bond donors (Lipinski definition) is 2. The Labute approximate surface area is 126 Å². The molecule has 0 saturated heterocycles. The molecule has 0 aliphatic rings. The zero-order valence-electron chi connectivity index (χ0n) is 12.3. The van der Waals surface area contributed by atoms with Gasteiger partial charge in [-0.15, -0.1) is 0 Å². The molecule has 0 saturated carbocycles. The summed E-state index contributed by atoms with van der Waals surface area (Å²) in [6.45, 7) is 7.83. The molecule has 6 heteroatoms. The molecule has 0 spiro atoms. The minimum atomic E-state index is -3.44. The van der Waals surface area contributed by atoms with Gasteiger partial charge in [0.2, 0.25) is 10.0 Å². The Balaban J connectivity index is 2.95. The van der Waals surface area contributed by atoms with Crippen molar-refractivity contribution < 1.29 is 8.42 Å². The molecule has 3 N–H and O–H groups in total. The second-order valence-corrected chi connectivity index (χ2v) is 8.18. The van der Waals surface area contributed by atoms with Crippen LogP contribution in [0.2, 0.25) is 0 Å². The van der Waals surface area contributed by atoms with Gasteiger partial charge in [0.15, 0.2) is 0 Å². The van der Waals surface area contributed by atoms with Crippen LogP contribution in [0, 0.1) is 5.41 Å². The van der Waals surface area contributed by atoms with Crippen LogP contribution in [0.3, 0.4) is 0 Å². The fourth-order valence-electron chi connectivity index (χ4n) is 1.58. The van der Waals surface area contributed by atoms with Crippen LogP contribution in [0.25, 0.3) is 0 Å². The summed E-state index contributed by atoms with van der Waals surface area (Å²) in [6.07, 6.45) is 0. The largest absolute Gasteiger partial charge is 0.389 e. The predicted octanol–water partition coefficient (Wildman–Crippen LogP) is 2.17. The summed E-state index contributed by atoms with van der Waals surface area (Å²) in [5, 5.41) is 0. The Morgan fingerprint density at radius 3 is 2.40 bits per heavy atom. The van der Waals surface area contributed by atoms with Crippen molar-refractivity contribution in [1.82, 2.24) is 4.72 Å². The Morgan fingerprint density at radius 1 is 1.35 bits per heavy atom. The third-order valence-electron chi connectivity index (χ3n) is 3.28. The maximum absolute atomic E-state index is 12.2. The Hall–Kier alpha value is -0.980. The predicted molar refractivity (Wildman–Crippen MR) is 87.0 cm³/mol. The van der Waals surface area contributed by atoms with Crippen LogP contribution in [0.1, 0.15) is 38.8 Å². The highest BCUT2D eigenvalue weighted by Crippen LogP contribution is 2.20. The Kier molecular flexibility index (Phi) is 5.29. The molecular formula is C14H22N2O2S2. The highest BCUT2D eigenvalue weighted by Gasteiger charge is 2.25. The average molecular weight is 314 g/mol. The minimum Gasteiger partial charge on any atom is -0.389 e. The maximum atomic E-state index is 12.2. The van der Waals surface area contributed by atoms with Gasteiger partial charge in [0, 0.05) is 11.6 Å². The standard InChI is InChI=1S/C14H22N2O2S2/c1-10(14(2,3)4)16-20(17,18)9-11-7-5-6-8-12(11)13(15)19/h5-8,10,16H,9H2,1-4H3,(H2,15,19). The van der Waals surface area contributed by atoms with E-state index in [0.717, 1.165) is 0 Å². The number of nitrogens with two attached hydrogens (primary N) is 1. The van der Waals surface area contributed by atoms with Crippen molar-refractivity contribution in [3.8, 4) is 0 Å². The van der Waals surface area contributed by atoms with Crippen LogP contribution < -0.4 is 10.5 Å². The zero-order valence-corrected chi connectivity index (χ0v) is 13.9. The van der Waals surface area contributed by atoms with E-state index < -0.39 is 10.0 Å². The zero-order chi connectivity index (χ0) is 15.6. The van der Waals surface area contributed by atoms with E-state index in [2.05, 4.69) is 4.72 Å². The second-order valence-electron chi connectivity index (χ2n) is 5.99. The molecule has 1 rings (SSSR count). The lowest BCUT2D eigenvalue weighted by Crippen LogP contribution is -2.42. The van der Waals surface area contributed by atoms with E-state index in [1.54, 1.807) is 24.3 Å². The Bertz CT molecular complexity index is 589. The highest BCUT2D eigenvalue weighted by molar-refractivity contribution is 7.88. The summed E-state index contributed by atoms with van der Waals surface area (Å²) in [6, 6.07) is 6.87. The van der Waals surface area contributed by atoms with E-state index in [1.807, 2.05) is 27.7 Å². The SMILES string of the molecule is CC(NS(=O)(=O)Cc1ccccc1C(N)=S)C(C)(C)C. The van der Waals surface area contributed by atoms with Crippen LogP contribution in [-0.4, -0.2) is 19.4 Å². The molecular weight excluding hydrogens is 292 g/mol. The topological polar surface area (TPSA) is 72.2 Å². The van der Waals surface area contributed by atoms with Crippen LogP contribution in [-0.2, 0) is 15.8 Å². The van der Waals surface area contributed by atoms with Crippen molar-refractivity contribution >= 4 is 27.2 Å². The molecule has 112 valence electrons. The van der Waals surface area contributed by atoms with Crippen molar-refractivity contribution in [1.29, 1.82) is 0 Å². The molecule has 0 fully saturated rings. The molecule has 1 aromatic rings. The van der Waals surface area contributed by atoms with Crippen LogP contribution in [0.5, 0.6) is 0 Å². The summed E-state index contributed by atoms with van der Waals surface area (Å²) < 4.78 is 27.2. The van der Waals surface area contributed by atoms with Crippen molar-refractivity contribution in [2.24, 2.45) is 11.1 Å². The van der Waals surface area contributed by atoms with Crippen molar-refractivity contribution in [2.45, 2.75) is 39.5 Å². The van der Waals surface area contributed by atoms with E-state index in [-0.39, 0.29) is 22.2 Å². The Morgan fingerprint density at radius 2 is 1.90 bits per heavy atom. The van der Waals surface area contributed by atoms with Gasteiger partial charge in [-0.05, 0) is 17.9 Å². The third-order valence-corrected chi connectivity index (χ3v) is 4.91. The number of nitrogens with one attached hydrogen (secondary N) is 1. The van der Waals surface area contributed by atoms with Gasteiger partial charge in [-0.2, -0.15) is 0 Å².